The molecule has 0 radical (unpaired) electrons. The van der Waals surface area contributed by atoms with Crippen LogP contribution in [0.15, 0.2) is 41.3 Å². The number of carbonyl (C=O) groups excluding carboxylic acids is 2. The number of hydroxylamine groups is 1. The van der Waals surface area contributed by atoms with Crippen molar-refractivity contribution >= 4 is 33.4 Å². The fourth-order valence-corrected chi connectivity index (χ4v) is 3.18. The van der Waals surface area contributed by atoms with Crippen molar-refractivity contribution in [3.8, 4) is 11.5 Å². The Bertz CT molecular complexity index is 1030. The molecule has 0 spiro atoms. The molecule has 156 valence electrons. The summed E-state index contributed by atoms with van der Waals surface area (Å²) in [6.45, 7) is 1.32. The summed E-state index contributed by atoms with van der Waals surface area (Å²) < 4.78 is 47.9. The molecule has 0 aliphatic rings. The lowest BCUT2D eigenvalue weighted by molar-refractivity contribution is -0.143. The van der Waals surface area contributed by atoms with Gasteiger partial charge in [0.1, 0.15) is 12.3 Å². The molecule has 0 aromatic heterocycles. The Morgan fingerprint density at radius 2 is 1.90 bits per heavy atom. The molecule has 1 N–H and O–H groups in total. The Morgan fingerprint density at radius 1 is 1.17 bits per heavy atom. The Labute approximate surface area is 171 Å². The highest BCUT2D eigenvalue weighted by Gasteiger charge is 2.22. The van der Waals surface area contributed by atoms with E-state index in [0.29, 0.717) is 0 Å². The predicted molar refractivity (Wildman–Crippen MR) is 101 cm³/mol. The Balaban J connectivity index is 2.27. The van der Waals surface area contributed by atoms with Crippen molar-refractivity contribution in [2.24, 2.45) is 0 Å². The van der Waals surface area contributed by atoms with Crippen LogP contribution in [-0.4, -0.2) is 39.8 Å². The molecule has 2 aromatic carbocycles. The van der Waals surface area contributed by atoms with E-state index in [1.54, 1.807) is 6.92 Å². The van der Waals surface area contributed by atoms with Crippen LogP contribution in [-0.2, 0) is 24.2 Å². The number of benzene rings is 2. The summed E-state index contributed by atoms with van der Waals surface area (Å²) in [6, 6.07) is 7.18. The zero-order chi connectivity index (χ0) is 21.6. The van der Waals surface area contributed by atoms with Gasteiger partial charge in [0.25, 0.3) is 0 Å². The largest absolute Gasteiger partial charge is 0.465 e. The van der Waals surface area contributed by atoms with Gasteiger partial charge in [0.05, 0.1) is 17.1 Å². The standard InChI is InChI=1S/C18H17ClFNO7S/c1-3-26-17(22)10-21-28-18(23)13-9-12(5-7-16(13)29(2,24)25)27-15-6-4-11(19)8-14(15)20/h4-9,21H,3,10H2,1-2H3. The number of rotatable bonds is 8. The van der Waals surface area contributed by atoms with Crippen LogP contribution in [0.5, 0.6) is 11.5 Å². The molecule has 2 rings (SSSR count). The molecule has 2 aromatic rings. The SMILES string of the molecule is CCOC(=O)CNOC(=O)c1cc(Oc2ccc(Cl)cc2F)ccc1S(C)(=O)=O. The van der Waals surface area contributed by atoms with E-state index in [4.69, 9.17) is 21.2 Å². The van der Waals surface area contributed by atoms with Gasteiger partial charge in [-0.05, 0) is 43.3 Å². The van der Waals surface area contributed by atoms with Crippen molar-refractivity contribution < 1.29 is 36.7 Å². The van der Waals surface area contributed by atoms with Crippen molar-refractivity contribution in [2.45, 2.75) is 11.8 Å². The third kappa shape index (κ3) is 6.41. The first-order valence-electron chi connectivity index (χ1n) is 8.18. The maximum atomic E-state index is 13.9. The van der Waals surface area contributed by atoms with Gasteiger partial charge in [-0.15, -0.1) is 5.48 Å². The second-order valence-corrected chi connectivity index (χ2v) is 8.04. The van der Waals surface area contributed by atoms with Crippen LogP contribution in [0.25, 0.3) is 0 Å². The van der Waals surface area contributed by atoms with Crippen LogP contribution >= 0.6 is 11.6 Å². The van der Waals surface area contributed by atoms with Gasteiger partial charge in [-0.2, -0.15) is 0 Å². The molecular weight excluding hydrogens is 429 g/mol. The number of esters is 1. The van der Waals surface area contributed by atoms with E-state index in [1.165, 1.54) is 18.2 Å². The molecule has 0 bridgehead atoms. The van der Waals surface area contributed by atoms with E-state index in [9.17, 15) is 22.4 Å². The smallest absolute Gasteiger partial charge is 0.358 e. The molecule has 8 nitrogen and oxygen atoms in total. The lowest BCUT2D eigenvalue weighted by atomic mass is 10.2. The molecule has 0 amide bonds. The van der Waals surface area contributed by atoms with Gasteiger partial charge in [0.2, 0.25) is 0 Å². The molecule has 0 heterocycles. The van der Waals surface area contributed by atoms with Crippen LogP contribution in [0, 0.1) is 5.82 Å². The second-order valence-electron chi connectivity index (χ2n) is 5.62. The van der Waals surface area contributed by atoms with Crippen molar-refractivity contribution in [3.05, 3.63) is 52.8 Å². The van der Waals surface area contributed by atoms with Gasteiger partial charge in [-0.25, -0.2) is 17.6 Å². The fourth-order valence-electron chi connectivity index (χ4n) is 2.17. The quantitative estimate of drug-likeness (QED) is 0.488. The Morgan fingerprint density at radius 3 is 2.52 bits per heavy atom. The molecule has 11 heteroatoms. The minimum Gasteiger partial charge on any atom is -0.465 e. The molecule has 29 heavy (non-hydrogen) atoms. The van der Waals surface area contributed by atoms with Gasteiger partial charge < -0.3 is 14.3 Å². The molecule has 0 aliphatic carbocycles. The van der Waals surface area contributed by atoms with E-state index >= 15 is 0 Å². The highest BCUT2D eigenvalue weighted by atomic mass is 35.5. The van der Waals surface area contributed by atoms with Crippen LogP contribution in [0.4, 0.5) is 4.39 Å². The van der Waals surface area contributed by atoms with Gasteiger partial charge in [-0.1, -0.05) is 11.6 Å². The van der Waals surface area contributed by atoms with Crippen molar-refractivity contribution in [2.75, 3.05) is 19.4 Å². The van der Waals surface area contributed by atoms with Crippen molar-refractivity contribution in [3.63, 3.8) is 0 Å². The summed E-state index contributed by atoms with van der Waals surface area (Å²) in [5.41, 5.74) is 1.73. The summed E-state index contributed by atoms with van der Waals surface area (Å²) >= 11 is 5.68. The fraction of sp³-hybridized carbons (Fsp3) is 0.222. The van der Waals surface area contributed by atoms with Gasteiger partial charge in [0.15, 0.2) is 21.4 Å². The number of nitrogens with one attached hydrogen (secondary N) is 1. The Hall–Kier alpha value is -2.69. The molecule has 0 saturated carbocycles. The van der Waals surface area contributed by atoms with E-state index in [1.807, 2.05) is 0 Å². The van der Waals surface area contributed by atoms with E-state index < -0.39 is 34.1 Å². The summed E-state index contributed by atoms with van der Waals surface area (Å²) in [6.07, 6.45) is 0.907. The maximum Gasteiger partial charge on any atom is 0.358 e. The molecule has 0 fully saturated rings. The van der Waals surface area contributed by atoms with Crippen molar-refractivity contribution in [1.29, 1.82) is 0 Å². The van der Waals surface area contributed by atoms with Gasteiger partial charge in [0, 0.05) is 11.3 Å². The second kappa shape index (κ2) is 9.68. The number of halogens is 2. The first kappa shape index (κ1) is 22.6. The molecule has 0 aliphatic heterocycles. The first-order chi connectivity index (χ1) is 13.6. The monoisotopic (exact) mass is 445 g/mol. The lowest BCUT2D eigenvalue weighted by Gasteiger charge is -2.12. The Kier molecular flexibility index (Phi) is 7.54. The zero-order valence-electron chi connectivity index (χ0n) is 15.4. The van der Waals surface area contributed by atoms with E-state index in [2.05, 4.69) is 10.2 Å². The normalized spacial score (nSPS) is 11.0. The lowest BCUT2D eigenvalue weighted by Crippen LogP contribution is -2.28. The molecule has 0 saturated heterocycles. The van der Waals surface area contributed by atoms with Crippen molar-refractivity contribution in [1.82, 2.24) is 5.48 Å². The third-order valence-corrected chi connectivity index (χ3v) is 4.77. The minimum atomic E-state index is -3.80. The number of ether oxygens (including phenoxy) is 2. The molecule has 0 unspecified atom stereocenters. The highest BCUT2D eigenvalue weighted by molar-refractivity contribution is 7.90. The highest BCUT2D eigenvalue weighted by Crippen LogP contribution is 2.29. The van der Waals surface area contributed by atoms with Crippen LogP contribution in [0.3, 0.4) is 0 Å². The van der Waals surface area contributed by atoms with Gasteiger partial charge in [-0.3, -0.25) is 4.79 Å². The predicted octanol–water partition coefficient (Wildman–Crippen LogP) is 2.90. The van der Waals surface area contributed by atoms with Crippen LogP contribution < -0.4 is 10.2 Å². The number of carbonyl (C=O) groups is 2. The summed E-state index contributed by atoms with van der Waals surface area (Å²) in [7, 11) is -3.80. The maximum absolute atomic E-state index is 13.9. The third-order valence-electron chi connectivity index (χ3n) is 3.38. The van der Waals surface area contributed by atoms with E-state index in [0.717, 1.165) is 24.5 Å². The van der Waals surface area contributed by atoms with Gasteiger partial charge >= 0.3 is 11.9 Å². The average molecular weight is 446 g/mol. The number of hydrogen-bond acceptors (Lipinski definition) is 8. The zero-order valence-corrected chi connectivity index (χ0v) is 17.0. The van der Waals surface area contributed by atoms with Crippen LogP contribution in [0.1, 0.15) is 17.3 Å². The first-order valence-corrected chi connectivity index (χ1v) is 10.5. The topological polar surface area (TPSA) is 108 Å². The van der Waals surface area contributed by atoms with Crippen LogP contribution in [0.2, 0.25) is 5.02 Å². The molecule has 0 atom stereocenters. The minimum absolute atomic E-state index is 0.0176. The summed E-state index contributed by atoms with van der Waals surface area (Å²) in [4.78, 5) is 28.0. The average Bonchev–Trinajstić information content (AvgIpc) is 2.63. The summed E-state index contributed by atoms with van der Waals surface area (Å²) in [5, 5.41) is 0.166. The number of sulfone groups is 1. The molecular formula is C18H17ClFNO7S. The number of hydrogen-bond donors (Lipinski definition) is 1. The summed E-state index contributed by atoms with van der Waals surface area (Å²) in [5.74, 6) is -2.70. The van der Waals surface area contributed by atoms with E-state index in [-0.39, 0.29) is 33.6 Å².